The smallest absolute Gasteiger partial charge is 0.209 e. The molecule has 0 bridgehead atoms. The average Bonchev–Trinajstić information content (AvgIpc) is 2.46. The highest BCUT2D eigenvalue weighted by molar-refractivity contribution is 7.88. The molecule has 2 rings (SSSR count). The predicted molar refractivity (Wildman–Crippen MR) is 108 cm³/mol. The number of rotatable bonds is 5. The van der Waals surface area contributed by atoms with Crippen LogP contribution in [0, 0.1) is 11.3 Å². The molecule has 1 aliphatic heterocycles. The number of likely N-dealkylation sites (tertiary alicyclic amines) is 1. The minimum atomic E-state index is -3.18. The van der Waals surface area contributed by atoms with Gasteiger partial charge in [0.05, 0.1) is 6.26 Å². The first-order chi connectivity index (χ1) is 11.0. The van der Waals surface area contributed by atoms with Crippen LogP contribution in [0.25, 0.3) is 0 Å². The van der Waals surface area contributed by atoms with Gasteiger partial charge in [0, 0.05) is 12.6 Å². The molecule has 0 saturated carbocycles. The van der Waals surface area contributed by atoms with Crippen LogP contribution in [-0.4, -0.2) is 32.7 Å². The van der Waals surface area contributed by atoms with E-state index >= 15 is 0 Å². The van der Waals surface area contributed by atoms with Crippen LogP contribution in [0.1, 0.15) is 57.7 Å². The SMILES string of the molecule is C[C@@H](NS(C)(=O)=O)c1ccc(CN2CCC(C(C)(C)C)CC2)cc1.Cl. The van der Waals surface area contributed by atoms with E-state index in [1.807, 2.05) is 19.1 Å². The van der Waals surface area contributed by atoms with Crippen molar-refractivity contribution in [1.29, 1.82) is 0 Å². The average molecular weight is 389 g/mol. The van der Waals surface area contributed by atoms with E-state index in [0.717, 1.165) is 31.1 Å². The molecule has 6 heteroatoms. The zero-order valence-corrected chi connectivity index (χ0v) is 17.7. The summed E-state index contributed by atoms with van der Waals surface area (Å²) in [5.41, 5.74) is 2.70. The van der Waals surface area contributed by atoms with Crippen molar-refractivity contribution in [3.05, 3.63) is 35.4 Å². The topological polar surface area (TPSA) is 49.4 Å². The molecule has 1 heterocycles. The maximum atomic E-state index is 11.3. The van der Waals surface area contributed by atoms with Gasteiger partial charge in [-0.1, -0.05) is 45.0 Å². The van der Waals surface area contributed by atoms with Gasteiger partial charge in [-0.2, -0.15) is 0 Å². The summed E-state index contributed by atoms with van der Waals surface area (Å²) >= 11 is 0. The van der Waals surface area contributed by atoms with Crippen molar-refractivity contribution in [1.82, 2.24) is 9.62 Å². The van der Waals surface area contributed by atoms with Gasteiger partial charge >= 0.3 is 0 Å². The standard InChI is InChI=1S/C19H32N2O2S.ClH/c1-15(20-24(5,22)23)17-8-6-16(7-9-17)14-21-12-10-18(11-13-21)19(2,3)4;/h6-9,15,18,20H,10-14H2,1-5H3;1H/t15-;/m1./s1. The van der Waals surface area contributed by atoms with Crippen LogP contribution in [0.4, 0.5) is 0 Å². The van der Waals surface area contributed by atoms with Crippen LogP contribution in [0.2, 0.25) is 0 Å². The number of halogens is 1. The van der Waals surface area contributed by atoms with Gasteiger partial charge in [0.1, 0.15) is 0 Å². The molecule has 25 heavy (non-hydrogen) atoms. The van der Waals surface area contributed by atoms with Crippen LogP contribution in [0.3, 0.4) is 0 Å². The molecule has 0 radical (unpaired) electrons. The molecule has 4 nitrogen and oxygen atoms in total. The van der Waals surface area contributed by atoms with Gasteiger partial charge in [-0.25, -0.2) is 13.1 Å². The maximum absolute atomic E-state index is 11.3. The van der Waals surface area contributed by atoms with Crippen molar-refractivity contribution in [3.8, 4) is 0 Å². The third-order valence-corrected chi connectivity index (χ3v) is 5.87. The molecule has 1 fully saturated rings. The molecule has 1 atom stereocenters. The largest absolute Gasteiger partial charge is 0.299 e. The van der Waals surface area contributed by atoms with Crippen molar-refractivity contribution in [3.63, 3.8) is 0 Å². The minimum absolute atomic E-state index is 0. The summed E-state index contributed by atoms with van der Waals surface area (Å²) in [6.07, 6.45) is 3.74. The first-order valence-electron chi connectivity index (χ1n) is 8.83. The normalized spacial score (nSPS) is 18.6. The van der Waals surface area contributed by atoms with E-state index in [2.05, 4.69) is 42.5 Å². The van der Waals surface area contributed by atoms with Gasteiger partial charge in [0.15, 0.2) is 0 Å². The van der Waals surface area contributed by atoms with Crippen molar-refractivity contribution < 1.29 is 8.42 Å². The lowest BCUT2D eigenvalue weighted by molar-refractivity contribution is 0.108. The van der Waals surface area contributed by atoms with Crippen LogP contribution in [0.5, 0.6) is 0 Å². The fraction of sp³-hybridized carbons (Fsp3) is 0.684. The van der Waals surface area contributed by atoms with Crippen molar-refractivity contribution in [2.45, 2.75) is 53.1 Å². The number of piperidine rings is 1. The van der Waals surface area contributed by atoms with E-state index in [1.54, 1.807) is 0 Å². The highest BCUT2D eigenvalue weighted by Gasteiger charge is 2.28. The minimum Gasteiger partial charge on any atom is -0.299 e. The van der Waals surface area contributed by atoms with Gasteiger partial charge in [-0.05, 0) is 55.3 Å². The summed E-state index contributed by atoms with van der Waals surface area (Å²) in [7, 11) is -3.18. The first-order valence-corrected chi connectivity index (χ1v) is 10.7. The van der Waals surface area contributed by atoms with E-state index in [-0.39, 0.29) is 18.4 Å². The van der Waals surface area contributed by atoms with Crippen molar-refractivity contribution >= 4 is 22.4 Å². The van der Waals surface area contributed by atoms with Crippen molar-refractivity contribution in [2.75, 3.05) is 19.3 Å². The molecular weight excluding hydrogens is 356 g/mol. The Morgan fingerprint density at radius 3 is 2.12 bits per heavy atom. The molecule has 1 saturated heterocycles. The summed E-state index contributed by atoms with van der Waals surface area (Å²) in [6, 6.07) is 8.09. The summed E-state index contributed by atoms with van der Waals surface area (Å²) in [5, 5.41) is 0. The van der Waals surface area contributed by atoms with Gasteiger partial charge in [-0.3, -0.25) is 4.90 Å². The second-order valence-corrected chi connectivity index (χ2v) is 10.0. The predicted octanol–water partition coefficient (Wildman–Crippen LogP) is 3.98. The Labute approximate surface area is 159 Å². The molecule has 0 aliphatic carbocycles. The molecule has 1 aromatic rings. The fourth-order valence-corrected chi connectivity index (χ4v) is 4.29. The lowest BCUT2D eigenvalue weighted by atomic mass is 9.75. The van der Waals surface area contributed by atoms with E-state index in [9.17, 15) is 8.42 Å². The molecule has 0 spiro atoms. The van der Waals surface area contributed by atoms with E-state index in [4.69, 9.17) is 0 Å². The van der Waals surface area contributed by atoms with Gasteiger partial charge in [0.25, 0.3) is 0 Å². The van der Waals surface area contributed by atoms with Crippen LogP contribution >= 0.6 is 12.4 Å². The highest BCUT2D eigenvalue weighted by atomic mass is 35.5. The second-order valence-electron chi connectivity index (χ2n) is 8.27. The number of hydrogen-bond donors (Lipinski definition) is 1. The lowest BCUT2D eigenvalue weighted by Crippen LogP contribution is -2.37. The van der Waals surface area contributed by atoms with Crippen molar-refractivity contribution in [2.24, 2.45) is 11.3 Å². The van der Waals surface area contributed by atoms with E-state index in [1.165, 1.54) is 24.7 Å². The third-order valence-electron chi connectivity index (χ3n) is 5.09. The Kier molecular flexibility index (Phi) is 7.94. The van der Waals surface area contributed by atoms with Gasteiger partial charge in [-0.15, -0.1) is 12.4 Å². The fourth-order valence-electron chi connectivity index (χ4n) is 3.52. The summed E-state index contributed by atoms with van der Waals surface area (Å²) in [5.74, 6) is 0.819. The molecule has 0 amide bonds. The summed E-state index contributed by atoms with van der Waals surface area (Å²) in [4.78, 5) is 2.52. The molecule has 144 valence electrons. The highest BCUT2D eigenvalue weighted by Crippen LogP contribution is 2.34. The third kappa shape index (κ3) is 7.26. The number of benzene rings is 1. The zero-order chi connectivity index (χ0) is 18.0. The second kappa shape index (κ2) is 8.85. The van der Waals surface area contributed by atoms with E-state index in [0.29, 0.717) is 5.41 Å². The molecular formula is C19H33ClN2O2S. The van der Waals surface area contributed by atoms with Gasteiger partial charge < -0.3 is 0 Å². The number of nitrogens with zero attached hydrogens (tertiary/aromatic N) is 1. The molecule has 0 unspecified atom stereocenters. The Balaban J connectivity index is 0.00000312. The number of hydrogen-bond acceptors (Lipinski definition) is 3. The molecule has 1 aliphatic rings. The molecule has 1 N–H and O–H groups in total. The maximum Gasteiger partial charge on any atom is 0.209 e. The Bertz CT molecular complexity index is 630. The Morgan fingerprint density at radius 2 is 1.68 bits per heavy atom. The lowest BCUT2D eigenvalue weighted by Gasteiger charge is -2.38. The van der Waals surface area contributed by atoms with Gasteiger partial charge in [0.2, 0.25) is 10.0 Å². The Morgan fingerprint density at radius 1 is 1.16 bits per heavy atom. The Hall–Kier alpha value is -0.620. The van der Waals surface area contributed by atoms with Crippen LogP contribution in [-0.2, 0) is 16.6 Å². The zero-order valence-electron chi connectivity index (χ0n) is 16.1. The summed E-state index contributed by atoms with van der Waals surface area (Å²) in [6.45, 7) is 12.2. The quantitative estimate of drug-likeness (QED) is 0.829. The number of sulfonamides is 1. The monoisotopic (exact) mass is 388 g/mol. The van der Waals surface area contributed by atoms with Crippen LogP contribution in [0.15, 0.2) is 24.3 Å². The molecule has 1 aromatic carbocycles. The van der Waals surface area contributed by atoms with Crippen LogP contribution < -0.4 is 4.72 Å². The molecule has 0 aromatic heterocycles. The summed E-state index contributed by atoms with van der Waals surface area (Å²) < 4.78 is 25.3. The number of nitrogens with one attached hydrogen (secondary N) is 1. The first kappa shape index (κ1) is 22.4. The van der Waals surface area contributed by atoms with E-state index < -0.39 is 10.0 Å².